The number of benzene rings is 1. The second kappa shape index (κ2) is 6.73. The number of carbonyl (C=O) groups is 2. The molecule has 0 spiro atoms. The van der Waals surface area contributed by atoms with Crippen LogP contribution in [0.5, 0.6) is 5.75 Å². The Kier molecular flexibility index (Phi) is 5.16. The van der Waals surface area contributed by atoms with E-state index >= 15 is 0 Å². The smallest absolute Gasteiger partial charge is 0.248 e. The number of phenolic OH excluding ortho intramolecular Hbond substituents is 1. The molecule has 0 aliphatic carbocycles. The summed E-state index contributed by atoms with van der Waals surface area (Å²) < 4.78 is 0. The topological polar surface area (TPSA) is 89.9 Å². The molecule has 1 aliphatic heterocycles. The van der Waals surface area contributed by atoms with Crippen molar-refractivity contribution in [2.24, 2.45) is 5.92 Å². The Bertz CT molecular complexity index is 603. The lowest BCUT2D eigenvalue weighted by Crippen LogP contribution is -2.56. The van der Waals surface area contributed by atoms with Crippen molar-refractivity contribution in [2.45, 2.75) is 13.0 Å². The molecule has 1 fully saturated rings. The minimum Gasteiger partial charge on any atom is -0.508 e. The van der Waals surface area contributed by atoms with Crippen molar-refractivity contribution in [3.63, 3.8) is 0 Å². The summed E-state index contributed by atoms with van der Waals surface area (Å²) in [5.74, 6) is -1.02. The largest absolute Gasteiger partial charge is 0.508 e. The van der Waals surface area contributed by atoms with Gasteiger partial charge in [-0.1, -0.05) is 23.2 Å². The van der Waals surface area contributed by atoms with E-state index in [9.17, 15) is 14.7 Å². The summed E-state index contributed by atoms with van der Waals surface area (Å²) in [6.45, 7) is 1.67. The predicted molar refractivity (Wildman–Crippen MR) is 81.8 cm³/mol. The summed E-state index contributed by atoms with van der Waals surface area (Å²) in [7, 11) is 0. The molecule has 0 saturated carbocycles. The normalized spacial score (nSPS) is 16.1. The van der Waals surface area contributed by atoms with Crippen molar-refractivity contribution in [2.75, 3.05) is 19.7 Å². The van der Waals surface area contributed by atoms with E-state index in [0.717, 1.165) is 0 Å². The monoisotopic (exact) mass is 346 g/mol. The minimum atomic E-state index is -0.559. The number of aliphatic hydroxyl groups excluding tert-OH is 1. The van der Waals surface area contributed by atoms with Gasteiger partial charge in [0.1, 0.15) is 12.4 Å². The van der Waals surface area contributed by atoms with Crippen molar-refractivity contribution in [1.29, 1.82) is 0 Å². The number of hydrogen-bond acceptors (Lipinski definition) is 4. The fourth-order valence-electron chi connectivity index (χ4n) is 2.32. The SMILES string of the molecule is C[C@H](NC(=O)C1CN(C(=O)CO)C1)c1c(O)ccc(Cl)c1Cl. The van der Waals surface area contributed by atoms with E-state index in [4.69, 9.17) is 28.3 Å². The fourth-order valence-corrected chi connectivity index (χ4v) is 2.81. The third-order valence-corrected chi connectivity index (χ3v) is 4.46. The van der Waals surface area contributed by atoms with E-state index < -0.39 is 18.6 Å². The van der Waals surface area contributed by atoms with Crippen LogP contribution in [0.2, 0.25) is 10.0 Å². The van der Waals surface area contributed by atoms with Crippen LogP contribution in [0.15, 0.2) is 12.1 Å². The van der Waals surface area contributed by atoms with Crippen molar-refractivity contribution < 1.29 is 19.8 Å². The van der Waals surface area contributed by atoms with E-state index in [0.29, 0.717) is 10.6 Å². The number of rotatable bonds is 4. The molecule has 3 N–H and O–H groups in total. The molecule has 1 aromatic rings. The van der Waals surface area contributed by atoms with E-state index in [-0.39, 0.29) is 35.7 Å². The Morgan fingerprint density at radius 1 is 1.41 bits per heavy atom. The van der Waals surface area contributed by atoms with E-state index in [2.05, 4.69) is 5.32 Å². The molecule has 1 heterocycles. The molecule has 1 atom stereocenters. The van der Waals surface area contributed by atoms with Gasteiger partial charge in [-0.2, -0.15) is 0 Å². The zero-order chi connectivity index (χ0) is 16.4. The Labute approximate surface area is 137 Å². The number of carbonyl (C=O) groups excluding carboxylic acids is 2. The first-order valence-electron chi connectivity index (χ1n) is 6.71. The van der Waals surface area contributed by atoms with Gasteiger partial charge < -0.3 is 20.4 Å². The average molecular weight is 347 g/mol. The van der Waals surface area contributed by atoms with E-state index in [1.807, 2.05) is 0 Å². The molecule has 0 aromatic heterocycles. The third kappa shape index (κ3) is 3.29. The third-order valence-electron chi connectivity index (χ3n) is 3.64. The summed E-state index contributed by atoms with van der Waals surface area (Å²) in [5.41, 5.74) is 0.352. The van der Waals surface area contributed by atoms with Crippen LogP contribution in [0, 0.1) is 5.92 Å². The van der Waals surface area contributed by atoms with Gasteiger partial charge in [0.25, 0.3) is 0 Å². The van der Waals surface area contributed by atoms with Gasteiger partial charge in [-0.25, -0.2) is 0 Å². The molecule has 1 aliphatic rings. The number of phenols is 1. The first-order chi connectivity index (χ1) is 10.3. The number of likely N-dealkylation sites (tertiary alicyclic amines) is 1. The van der Waals surface area contributed by atoms with Gasteiger partial charge in [-0.15, -0.1) is 0 Å². The summed E-state index contributed by atoms with van der Waals surface area (Å²) in [4.78, 5) is 24.7. The predicted octanol–water partition coefficient (Wildman–Crippen LogP) is 1.33. The minimum absolute atomic E-state index is 0.0482. The van der Waals surface area contributed by atoms with Gasteiger partial charge in [0, 0.05) is 18.7 Å². The molecule has 2 rings (SSSR count). The number of nitrogens with zero attached hydrogens (tertiary/aromatic N) is 1. The van der Waals surface area contributed by atoms with Gasteiger partial charge in [-0.05, 0) is 19.1 Å². The van der Waals surface area contributed by atoms with Gasteiger partial charge in [0.15, 0.2) is 0 Å². The molecule has 2 amide bonds. The molecule has 0 unspecified atom stereocenters. The molecule has 120 valence electrons. The van der Waals surface area contributed by atoms with Crippen molar-refractivity contribution in [3.05, 3.63) is 27.7 Å². The van der Waals surface area contributed by atoms with E-state index in [1.54, 1.807) is 6.92 Å². The first-order valence-corrected chi connectivity index (χ1v) is 7.46. The summed E-state index contributed by atoms with van der Waals surface area (Å²) in [6, 6.07) is 2.36. The van der Waals surface area contributed by atoms with Crippen LogP contribution < -0.4 is 5.32 Å². The van der Waals surface area contributed by atoms with Crippen LogP contribution in [0.3, 0.4) is 0 Å². The lowest BCUT2D eigenvalue weighted by Gasteiger charge is -2.38. The molecular weight excluding hydrogens is 331 g/mol. The highest BCUT2D eigenvalue weighted by atomic mass is 35.5. The van der Waals surface area contributed by atoms with E-state index in [1.165, 1.54) is 17.0 Å². The summed E-state index contributed by atoms with van der Waals surface area (Å²) in [5, 5.41) is 21.8. The lowest BCUT2D eigenvalue weighted by molar-refractivity contribution is -0.145. The summed E-state index contributed by atoms with van der Waals surface area (Å²) >= 11 is 12.0. The van der Waals surface area contributed by atoms with Gasteiger partial charge in [0.05, 0.1) is 22.0 Å². The maximum absolute atomic E-state index is 12.1. The number of aromatic hydroxyl groups is 1. The van der Waals surface area contributed by atoms with Crippen molar-refractivity contribution in [3.8, 4) is 5.75 Å². The Hall–Kier alpha value is -1.50. The number of nitrogens with one attached hydrogen (secondary N) is 1. The molecule has 8 heteroatoms. The Morgan fingerprint density at radius 2 is 2.05 bits per heavy atom. The Balaban J connectivity index is 1.99. The number of hydrogen-bond donors (Lipinski definition) is 3. The zero-order valence-electron chi connectivity index (χ0n) is 11.8. The van der Waals surface area contributed by atoms with Crippen LogP contribution in [-0.2, 0) is 9.59 Å². The standard InChI is InChI=1S/C14H16Cl2N2O4/c1-7(12-10(20)3-2-9(15)13(12)16)17-14(22)8-4-18(5-8)11(21)6-19/h2-3,7-8,19-20H,4-6H2,1H3,(H,17,22)/t7-/m0/s1. The summed E-state index contributed by atoms with van der Waals surface area (Å²) in [6.07, 6.45) is 0. The highest BCUT2D eigenvalue weighted by molar-refractivity contribution is 6.42. The van der Waals surface area contributed by atoms with Crippen LogP contribution in [0.4, 0.5) is 0 Å². The molecular formula is C14H16Cl2N2O4. The lowest BCUT2D eigenvalue weighted by atomic mass is 9.98. The van der Waals surface area contributed by atoms with Crippen LogP contribution in [0.1, 0.15) is 18.5 Å². The molecule has 0 bridgehead atoms. The maximum Gasteiger partial charge on any atom is 0.248 e. The van der Waals surface area contributed by atoms with Gasteiger partial charge >= 0.3 is 0 Å². The molecule has 1 aromatic carbocycles. The van der Waals surface area contributed by atoms with Gasteiger partial charge in [0.2, 0.25) is 11.8 Å². The maximum atomic E-state index is 12.1. The van der Waals surface area contributed by atoms with Gasteiger partial charge in [-0.3, -0.25) is 9.59 Å². The van der Waals surface area contributed by atoms with Crippen LogP contribution >= 0.6 is 23.2 Å². The second-order valence-electron chi connectivity index (χ2n) is 5.18. The molecule has 6 nitrogen and oxygen atoms in total. The van der Waals surface area contributed by atoms with Crippen LogP contribution in [-0.4, -0.2) is 46.6 Å². The number of amides is 2. The molecule has 1 saturated heterocycles. The van der Waals surface area contributed by atoms with Crippen LogP contribution in [0.25, 0.3) is 0 Å². The van der Waals surface area contributed by atoms with Crippen molar-refractivity contribution >= 4 is 35.0 Å². The zero-order valence-corrected chi connectivity index (χ0v) is 13.4. The first kappa shape index (κ1) is 16.9. The molecule has 22 heavy (non-hydrogen) atoms. The molecule has 0 radical (unpaired) electrons. The number of halogens is 2. The average Bonchev–Trinajstić information content (AvgIpc) is 2.41. The second-order valence-corrected chi connectivity index (χ2v) is 5.96. The van der Waals surface area contributed by atoms with Crippen molar-refractivity contribution in [1.82, 2.24) is 10.2 Å². The quantitative estimate of drug-likeness (QED) is 0.767. The highest BCUT2D eigenvalue weighted by Crippen LogP contribution is 2.36. The highest BCUT2D eigenvalue weighted by Gasteiger charge is 2.36. The number of aliphatic hydroxyl groups is 1. The fraction of sp³-hybridized carbons (Fsp3) is 0.429. The Morgan fingerprint density at radius 3 is 2.64 bits per heavy atom.